The highest BCUT2D eigenvalue weighted by molar-refractivity contribution is 7.98. The van der Waals surface area contributed by atoms with Crippen LogP contribution >= 0.6 is 11.8 Å². The van der Waals surface area contributed by atoms with E-state index in [2.05, 4.69) is 5.32 Å². The Hall–Kier alpha value is -1.67. The maximum absolute atomic E-state index is 10.9. The van der Waals surface area contributed by atoms with Gasteiger partial charge < -0.3 is 20.4 Å². The third-order valence-corrected chi connectivity index (χ3v) is 3.70. The summed E-state index contributed by atoms with van der Waals surface area (Å²) in [5, 5.41) is 13.5. The molecule has 0 aliphatic carbocycles. The smallest absolute Gasteiger partial charge is 0.286 e. The van der Waals surface area contributed by atoms with Crippen molar-refractivity contribution in [3.63, 3.8) is 0 Å². The van der Waals surface area contributed by atoms with Crippen LogP contribution in [0.25, 0.3) is 0 Å². The van der Waals surface area contributed by atoms with Gasteiger partial charge in [0.15, 0.2) is 5.82 Å². The maximum atomic E-state index is 10.9. The zero-order chi connectivity index (χ0) is 15.8. The summed E-state index contributed by atoms with van der Waals surface area (Å²) >= 11 is 1.58. The van der Waals surface area contributed by atoms with Crippen molar-refractivity contribution in [1.29, 1.82) is 0 Å². The number of nitrogens with zero attached hydrogens (tertiary/aromatic N) is 2. The van der Waals surface area contributed by atoms with Gasteiger partial charge in [0.25, 0.3) is 5.70 Å². The molecule has 118 valence electrons. The number of furan rings is 1. The molecule has 0 bridgehead atoms. The Morgan fingerprint density at radius 3 is 2.71 bits per heavy atom. The zero-order valence-electron chi connectivity index (χ0n) is 12.6. The van der Waals surface area contributed by atoms with E-state index in [-0.39, 0.29) is 11.5 Å². The lowest BCUT2D eigenvalue weighted by Gasteiger charge is -2.06. The number of nitrogens with two attached hydrogens (primary N) is 1. The number of nitrogens with one attached hydrogen (secondary N) is 1. The van der Waals surface area contributed by atoms with Gasteiger partial charge in [-0.25, -0.2) is 0 Å². The fourth-order valence-corrected chi connectivity index (χ4v) is 2.55. The van der Waals surface area contributed by atoms with Crippen LogP contribution in [0.1, 0.15) is 17.9 Å². The van der Waals surface area contributed by atoms with Crippen molar-refractivity contribution in [3.05, 3.63) is 45.3 Å². The Kier molecular flexibility index (Phi) is 7.10. The molecule has 0 atom stereocenters. The van der Waals surface area contributed by atoms with Crippen molar-refractivity contribution < 1.29 is 9.34 Å². The van der Waals surface area contributed by atoms with Gasteiger partial charge in [0, 0.05) is 12.8 Å². The molecule has 0 saturated carbocycles. The lowest BCUT2D eigenvalue weighted by molar-refractivity contribution is -0.429. The Morgan fingerprint density at radius 2 is 2.14 bits per heavy atom. The van der Waals surface area contributed by atoms with Gasteiger partial charge in [-0.3, -0.25) is 10.1 Å². The summed E-state index contributed by atoms with van der Waals surface area (Å²) in [6.45, 7) is 0.761. The molecule has 3 N–H and O–H groups in total. The Morgan fingerprint density at radius 1 is 1.48 bits per heavy atom. The summed E-state index contributed by atoms with van der Waals surface area (Å²) in [6, 6.07) is 3.90. The minimum atomic E-state index is -0.436. The second kappa shape index (κ2) is 8.58. The highest BCUT2D eigenvalue weighted by atomic mass is 32.2. The minimum absolute atomic E-state index is 0.0257. The van der Waals surface area contributed by atoms with Gasteiger partial charge in [0.1, 0.15) is 11.5 Å². The molecule has 1 aromatic heterocycles. The van der Waals surface area contributed by atoms with Crippen molar-refractivity contribution in [2.24, 2.45) is 5.73 Å². The second-order valence-corrected chi connectivity index (χ2v) is 5.88. The highest BCUT2D eigenvalue weighted by Crippen LogP contribution is 2.18. The van der Waals surface area contributed by atoms with E-state index in [1.807, 2.05) is 31.1 Å². The molecule has 0 aliphatic rings. The number of nitro groups is 1. The topological polar surface area (TPSA) is 97.6 Å². The van der Waals surface area contributed by atoms with E-state index < -0.39 is 4.92 Å². The van der Waals surface area contributed by atoms with Gasteiger partial charge in [-0.15, -0.1) is 0 Å². The van der Waals surface area contributed by atoms with Crippen LogP contribution in [0, 0.1) is 10.1 Å². The number of thioether (sulfide) groups is 1. The van der Waals surface area contributed by atoms with Crippen molar-refractivity contribution in [3.8, 4) is 0 Å². The summed E-state index contributed by atoms with van der Waals surface area (Å²) in [4.78, 5) is 12.5. The van der Waals surface area contributed by atoms with E-state index in [0.29, 0.717) is 17.9 Å². The average molecular weight is 314 g/mol. The monoisotopic (exact) mass is 314 g/mol. The first-order chi connectivity index (χ1) is 9.93. The Labute approximate surface area is 128 Å². The van der Waals surface area contributed by atoms with Crippen LogP contribution in [-0.2, 0) is 12.3 Å². The summed E-state index contributed by atoms with van der Waals surface area (Å²) in [6.07, 6.45) is 0.315. The van der Waals surface area contributed by atoms with Gasteiger partial charge in [-0.1, -0.05) is 0 Å². The normalized spacial score (nSPS) is 12.4. The maximum Gasteiger partial charge on any atom is 0.286 e. The molecule has 8 heteroatoms. The molecular formula is C13H22N4O3S. The molecule has 0 spiro atoms. The first kappa shape index (κ1) is 17.4. The van der Waals surface area contributed by atoms with Crippen LogP contribution in [0.15, 0.2) is 28.1 Å². The molecule has 0 amide bonds. The first-order valence-electron chi connectivity index (χ1n) is 6.55. The largest absolute Gasteiger partial charge is 0.464 e. The minimum Gasteiger partial charge on any atom is -0.464 e. The third kappa shape index (κ3) is 6.09. The van der Waals surface area contributed by atoms with E-state index >= 15 is 0 Å². The van der Waals surface area contributed by atoms with Gasteiger partial charge >= 0.3 is 0 Å². The van der Waals surface area contributed by atoms with Crippen molar-refractivity contribution in [2.45, 2.75) is 18.7 Å². The van der Waals surface area contributed by atoms with E-state index in [1.54, 1.807) is 18.8 Å². The predicted molar refractivity (Wildman–Crippen MR) is 84.1 cm³/mol. The van der Waals surface area contributed by atoms with Gasteiger partial charge in [0.05, 0.1) is 23.6 Å². The molecule has 0 fully saturated rings. The molecule has 0 radical (unpaired) electrons. The second-order valence-electron chi connectivity index (χ2n) is 4.78. The summed E-state index contributed by atoms with van der Waals surface area (Å²) in [7, 11) is 5.53. The van der Waals surface area contributed by atoms with Crippen LogP contribution in [0.4, 0.5) is 0 Å². The SMILES string of the molecule is CNC(N)=C(CCSCc1ccc(CN(C)C)o1)[N+](=O)[O-]. The quantitative estimate of drug-likeness (QED) is 0.406. The van der Waals surface area contributed by atoms with Gasteiger partial charge in [0.2, 0.25) is 0 Å². The lowest BCUT2D eigenvalue weighted by Crippen LogP contribution is -2.21. The first-order valence-corrected chi connectivity index (χ1v) is 7.70. The molecule has 0 saturated heterocycles. The fraction of sp³-hybridized carbons (Fsp3) is 0.538. The van der Waals surface area contributed by atoms with Crippen LogP contribution in [0.2, 0.25) is 0 Å². The van der Waals surface area contributed by atoms with E-state index in [4.69, 9.17) is 10.2 Å². The molecule has 0 unspecified atom stereocenters. The molecule has 7 nitrogen and oxygen atoms in total. The van der Waals surface area contributed by atoms with Crippen LogP contribution in [0.5, 0.6) is 0 Å². The van der Waals surface area contributed by atoms with Crippen molar-refractivity contribution >= 4 is 11.8 Å². The zero-order valence-corrected chi connectivity index (χ0v) is 13.4. The molecule has 0 aliphatic heterocycles. The average Bonchev–Trinajstić information content (AvgIpc) is 2.84. The van der Waals surface area contributed by atoms with E-state index in [9.17, 15) is 10.1 Å². The number of allylic oxidation sites excluding steroid dienone is 1. The molecule has 0 aromatic carbocycles. The summed E-state index contributed by atoms with van der Waals surface area (Å²) < 4.78 is 5.67. The van der Waals surface area contributed by atoms with Crippen molar-refractivity contribution in [1.82, 2.24) is 10.2 Å². The summed E-state index contributed by atoms with van der Waals surface area (Å²) in [5.41, 5.74) is 5.58. The van der Waals surface area contributed by atoms with Crippen LogP contribution in [0.3, 0.4) is 0 Å². The van der Waals surface area contributed by atoms with E-state index in [1.165, 1.54) is 0 Å². The molecule has 1 heterocycles. The van der Waals surface area contributed by atoms with Crippen LogP contribution in [-0.4, -0.2) is 36.7 Å². The molecular weight excluding hydrogens is 292 g/mol. The number of hydrogen-bond donors (Lipinski definition) is 2. The molecule has 21 heavy (non-hydrogen) atoms. The standard InChI is InChI=1S/C13H22N4O3S/c1-15-13(14)12(17(18)19)6-7-21-9-11-5-4-10(20-11)8-16(2)3/h4-5,15H,6-9,14H2,1-3H3. The van der Waals surface area contributed by atoms with E-state index in [0.717, 1.165) is 18.1 Å². The van der Waals surface area contributed by atoms with Gasteiger partial charge in [-0.2, -0.15) is 11.8 Å². The molecule has 1 aromatic rings. The summed E-state index contributed by atoms with van der Waals surface area (Å²) in [5.74, 6) is 3.22. The lowest BCUT2D eigenvalue weighted by atomic mass is 10.3. The highest BCUT2D eigenvalue weighted by Gasteiger charge is 2.15. The number of hydrogen-bond acceptors (Lipinski definition) is 7. The predicted octanol–water partition coefficient (Wildman–Crippen LogP) is 1.59. The van der Waals surface area contributed by atoms with Crippen LogP contribution < -0.4 is 11.1 Å². The Bertz CT molecular complexity index is 499. The number of rotatable bonds is 9. The van der Waals surface area contributed by atoms with Gasteiger partial charge in [-0.05, 0) is 26.2 Å². The third-order valence-electron chi connectivity index (χ3n) is 2.72. The fourth-order valence-electron chi connectivity index (χ4n) is 1.71. The molecule has 1 rings (SSSR count). The van der Waals surface area contributed by atoms with Crippen molar-refractivity contribution in [2.75, 3.05) is 26.9 Å². The Balaban J connectivity index is 2.40.